The number of phenols is 1. The second-order valence-electron chi connectivity index (χ2n) is 6.38. The van der Waals surface area contributed by atoms with Gasteiger partial charge >= 0.3 is 0 Å². The van der Waals surface area contributed by atoms with E-state index in [4.69, 9.17) is 10.5 Å². The van der Waals surface area contributed by atoms with E-state index < -0.39 is 17.7 Å². The third kappa shape index (κ3) is 5.20. The van der Waals surface area contributed by atoms with Crippen LogP contribution in [0.3, 0.4) is 0 Å². The van der Waals surface area contributed by atoms with Crippen LogP contribution in [0.25, 0.3) is 0 Å². The zero-order valence-corrected chi connectivity index (χ0v) is 15.4. The quantitative estimate of drug-likeness (QED) is 0.239. The fourth-order valence-electron chi connectivity index (χ4n) is 2.96. The Kier molecular flexibility index (Phi) is 6.66. The molecule has 0 aliphatic carbocycles. The molecule has 0 unspecified atom stereocenters. The van der Waals surface area contributed by atoms with Gasteiger partial charge in [0.1, 0.15) is 17.2 Å². The first kappa shape index (κ1) is 21.5. The van der Waals surface area contributed by atoms with Crippen LogP contribution in [0.1, 0.15) is 57.6 Å². The molecule has 1 aromatic carbocycles. The lowest BCUT2D eigenvalue weighted by Crippen LogP contribution is -2.63. The summed E-state index contributed by atoms with van der Waals surface area (Å²) in [6, 6.07) is 1.59. The number of aromatic hydroxyl groups is 1. The SMILES string of the molecule is CC.Cc1c(C2CC(O)(O)NC(O)(O)C2)cc(OC(C)C)c(N)c1O. The van der Waals surface area contributed by atoms with E-state index in [1.54, 1.807) is 26.8 Å². The molecule has 1 aliphatic rings. The van der Waals surface area contributed by atoms with Gasteiger partial charge in [-0.3, -0.25) is 0 Å². The standard InChI is InChI=1S/C15H24N2O6.C2H6/c1-7(2)23-11-4-10(8(3)13(18)12(11)16)9-5-14(19,20)17-15(21,22)6-9;1-2/h4,7,9,17-22H,5-6,16H2,1-3H3;1-2H3. The number of nitrogen functional groups attached to an aromatic ring is 1. The third-order valence-electron chi connectivity index (χ3n) is 3.86. The largest absolute Gasteiger partial charge is 0.505 e. The summed E-state index contributed by atoms with van der Waals surface area (Å²) in [5, 5.41) is 51.2. The Hall–Kier alpha value is -1.58. The highest BCUT2D eigenvalue weighted by Crippen LogP contribution is 2.44. The molecule has 8 heteroatoms. The van der Waals surface area contributed by atoms with E-state index in [1.807, 2.05) is 19.2 Å². The molecule has 1 saturated heterocycles. The fraction of sp³-hybridized carbons (Fsp3) is 0.647. The molecule has 1 heterocycles. The molecule has 8 N–H and O–H groups in total. The van der Waals surface area contributed by atoms with E-state index in [-0.39, 0.29) is 36.1 Å². The second kappa shape index (κ2) is 7.76. The molecule has 0 atom stereocenters. The number of aliphatic hydroxyl groups is 4. The van der Waals surface area contributed by atoms with Crippen LogP contribution in [0.4, 0.5) is 5.69 Å². The Labute approximate surface area is 147 Å². The maximum absolute atomic E-state index is 10.2. The first-order chi connectivity index (χ1) is 11.4. The van der Waals surface area contributed by atoms with Gasteiger partial charge in [-0.05, 0) is 43.9 Å². The topological polar surface area (TPSA) is 148 Å². The predicted molar refractivity (Wildman–Crippen MR) is 93.8 cm³/mol. The smallest absolute Gasteiger partial charge is 0.227 e. The lowest BCUT2D eigenvalue weighted by atomic mass is 9.83. The Morgan fingerprint density at radius 2 is 1.64 bits per heavy atom. The maximum Gasteiger partial charge on any atom is 0.227 e. The molecule has 25 heavy (non-hydrogen) atoms. The van der Waals surface area contributed by atoms with Crippen molar-refractivity contribution in [3.63, 3.8) is 0 Å². The highest BCUT2D eigenvalue weighted by atomic mass is 16.6. The monoisotopic (exact) mass is 358 g/mol. The van der Waals surface area contributed by atoms with E-state index in [1.165, 1.54) is 0 Å². The molecule has 1 aromatic rings. The summed E-state index contributed by atoms with van der Waals surface area (Å²) < 4.78 is 5.57. The normalized spacial score (nSPS) is 19.3. The molecule has 0 amide bonds. The number of phenolic OH excluding ortho intramolecular Hbond substituents is 1. The number of benzene rings is 1. The predicted octanol–water partition coefficient (Wildman–Crippen LogP) is 0.840. The van der Waals surface area contributed by atoms with E-state index in [0.29, 0.717) is 11.1 Å². The fourth-order valence-corrected chi connectivity index (χ4v) is 2.96. The van der Waals surface area contributed by atoms with Gasteiger partial charge in [0.2, 0.25) is 11.8 Å². The van der Waals surface area contributed by atoms with Crippen LogP contribution in [0, 0.1) is 6.92 Å². The number of nitrogens with two attached hydrogens (primary N) is 1. The van der Waals surface area contributed by atoms with Gasteiger partial charge in [0.15, 0.2) is 0 Å². The van der Waals surface area contributed by atoms with Crippen LogP contribution in [0.5, 0.6) is 11.5 Å². The summed E-state index contributed by atoms with van der Waals surface area (Å²) in [7, 11) is 0. The molecule has 1 aliphatic heterocycles. The summed E-state index contributed by atoms with van der Waals surface area (Å²) >= 11 is 0. The highest BCUT2D eigenvalue weighted by Gasteiger charge is 2.45. The first-order valence-corrected chi connectivity index (χ1v) is 8.39. The lowest BCUT2D eigenvalue weighted by molar-refractivity contribution is -0.313. The average molecular weight is 358 g/mol. The van der Waals surface area contributed by atoms with Gasteiger partial charge in [0.05, 0.1) is 6.10 Å². The molecular formula is C17H30N2O6. The third-order valence-corrected chi connectivity index (χ3v) is 3.86. The van der Waals surface area contributed by atoms with Crippen molar-refractivity contribution in [1.82, 2.24) is 5.32 Å². The minimum Gasteiger partial charge on any atom is -0.505 e. The van der Waals surface area contributed by atoms with Crippen LogP contribution in [0.2, 0.25) is 0 Å². The second-order valence-corrected chi connectivity index (χ2v) is 6.38. The van der Waals surface area contributed by atoms with E-state index in [2.05, 4.69) is 0 Å². The van der Waals surface area contributed by atoms with Crippen molar-refractivity contribution >= 4 is 5.69 Å². The summed E-state index contributed by atoms with van der Waals surface area (Å²) in [4.78, 5) is 0. The zero-order valence-electron chi connectivity index (χ0n) is 15.4. The molecule has 2 rings (SSSR count). The molecule has 0 aromatic heterocycles. The molecule has 1 fully saturated rings. The van der Waals surface area contributed by atoms with Crippen LogP contribution in [0.15, 0.2) is 6.07 Å². The van der Waals surface area contributed by atoms with Crippen molar-refractivity contribution in [2.45, 2.75) is 71.3 Å². The Bertz CT molecular complexity index is 585. The maximum atomic E-state index is 10.2. The minimum atomic E-state index is -2.45. The number of ether oxygens (including phenoxy) is 1. The molecule has 0 saturated carbocycles. The summed E-state index contributed by atoms with van der Waals surface area (Å²) in [6.07, 6.45) is -0.563. The van der Waals surface area contributed by atoms with Gasteiger partial charge in [-0.15, -0.1) is 0 Å². The van der Waals surface area contributed by atoms with Crippen LogP contribution in [-0.2, 0) is 0 Å². The number of nitrogens with one attached hydrogen (secondary N) is 1. The van der Waals surface area contributed by atoms with E-state index in [0.717, 1.165) is 0 Å². The Morgan fingerprint density at radius 1 is 1.16 bits per heavy atom. The molecular weight excluding hydrogens is 328 g/mol. The molecule has 8 nitrogen and oxygen atoms in total. The van der Waals surface area contributed by atoms with Crippen LogP contribution in [-0.4, -0.2) is 43.5 Å². The van der Waals surface area contributed by atoms with E-state index >= 15 is 0 Å². The lowest BCUT2D eigenvalue weighted by Gasteiger charge is -2.41. The number of hydrogen-bond acceptors (Lipinski definition) is 8. The van der Waals surface area contributed by atoms with Gasteiger partial charge in [0, 0.05) is 12.8 Å². The first-order valence-electron chi connectivity index (χ1n) is 8.39. The Balaban J connectivity index is 0.00000151. The average Bonchev–Trinajstić information content (AvgIpc) is 2.46. The van der Waals surface area contributed by atoms with Crippen molar-refractivity contribution in [1.29, 1.82) is 0 Å². The van der Waals surface area contributed by atoms with Crippen molar-refractivity contribution in [2.75, 3.05) is 5.73 Å². The van der Waals surface area contributed by atoms with Gasteiger partial charge in [-0.1, -0.05) is 13.8 Å². The van der Waals surface area contributed by atoms with Gasteiger partial charge in [0.25, 0.3) is 0 Å². The van der Waals surface area contributed by atoms with Crippen molar-refractivity contribution < 1.29 is 30.3 Å². The number of rotatable bonds is 3. The zero-order chi connectivity index (χ0) is 19.6. The van der Waals surface area contributed by atoms with Crippen molar-refractivity contribution in [3.05, 3.63) is 17.2 Å². The van der Waals surface area contributed by atoms with Crippen LogP contribution >= 0.6 is 0 Å². The number of piperidine rings is 1. The Morgan fingerprint density at radius 3 is 2.08 bits per heavy atom. The molecule has 0 bridgehead atoms. The van der Waals surface area contributed by atoms with Crippen molar-refractivity contribution in [3.8, 4) is 11.5 Å². The number of hydrogen-bond donors (Lipinski definition) is 7. The summed E-state index contributed by atoms with van der Waals surface area (Å²) in [6.45, 7) is 9.23. The highest BCUT2D eigenvalue weighted by molar-refractivity contribution is 5.67. The van der Waals surface area contributed by atoms with Gasteiger partial charge in [-0.25, -0.2) is 5.32 Å². The van der Waals surface area contributed by atoms with Gasteiger partial charge in [-0.2, -0.15) is 0 Å². The molecule has 0 radical (unpaired) electrons. The number of anilines is 1. The summed E-state index contributed by atoms with van der Waals surface area (Å²) in [5.74, 6) is -5.44. The van der Waals surface area contributed by atoms with E-state index in [9.17, 15) is 25.5 Å². The minimum absolute atomic E-state index is 0.0902. The van der Waals surface area contributed by atoms with Crippen molar-refractivity contribution in [2.24, 2.45) is 0 Å². The molecule has 144 valence electrons. The summed E-state index contributed by atoms with van der Waals surface area (Å²) in [5.41, 5.74) is 6.88. The van der Waals surface area contributed by atoms with Crippen LogP contribution < -0.4 is 15.8 Å². The van der Waals surface area contributed by atoms with Gasteiger partial charge < -0.3 is 36.0 Å². The molecule has 0 spiro atoms.